The molecule has 2 unspecified atom stereocenters. The third-order valence-corrected chi connectivity index (χ3v) is 5.07. The summed E-state index contributed by atoms with van der Waals surface area (Å²) in [6.07, 6.45) is 6.31. The van der Waals surface area contributed by atoms with Gasteiger partial charge in [-0.3, -0.25) is 4.79 Å². The van der Waals surface area contributed by atoms with E-state index >= 15 is 0 Å². The molecule has 2 fully saturated rings. The predicted octanol–water partition coefficient (Wildman–Crippen LogP) is 3.10. The van der Waals surface area contributed by atoms with Gasteiger partial charge in [0.25, 0.3) is 0 Å². The molecule has 1 aliphatic heterocycles. The number of ether oxygens (including phenoxy) is 1. The highest BCUT2D eigenvalue weighted by atomic mass is 16.5. The van der Waals surface area contributed by atoms with E-state index in [0.717, 1.165) is 38.5 Å². The van der Waals surface area contributed by atoms with E-state index in [1.165, 1.54) is 5.56 Å². The van der Waals surface area contributed by atoms with Crippen molar-refractivity contribution in [2.75, 3.05) is 0 Å². The maximum Gasteiger partial charge on any atom is 0.306 e. The highest BCUT2D eigenvalue weighted by Gasteiger charge is 2.44. The van der Waals surface area contributed by atoms with Crippen LogP contribution in [0.25, 0.3) is 0 Å². The van der Waals surface area contributed by atoms with E-state index in [4.69, 9.17) is 4.74 Å². The third kappa shape index (κ3) is 3.65. The minimum atomic E-state index is -0.234. The summed E-state index contributed by atoms with van der Waals surface area (Å²) in [6.45, 7) is 0. The molecular weight excluding hydrogens is 264 g/mol. The minimum Gasteiger partial charge on any atom is -0.462 e. The molecule has 1 aliphatic carbocycles. The second kappa shape index (κ2) is 6.61. The second-order valence-corrected chi connectivity index (χ2v) is 6.49. The maximum atomic E-state index is 11.3. The Labute approximate surface area is 126 Å². The average molecular weight is 288 g/mol. The fourth-order valence-corrected chi connectivity index (χ4v) is 3.85. The number of carbonyl (C=O) groups excluding carboxylic acids is 1. The molecule has 0 radical (unpaired) electrons. The number of aryl methyl sites for hydroxylation is 1. The van der Waals surface area contributed by atoms with Crippen LogP contribution in [-0.4, -0.2) is 23.3 Å². The van der Waals surface area contributed by atoms with Gasteiger partial charge in [-0.1, -0.05) is 30.3 Å². The molecule has 21 heavy (non-hydrogen) atoms. The van der Waals surface area contributed by atoms with Crippen molar-refractivity contribution in [3.8, 4) is 0 Å². The normalized spacial score (nSPS) is 29.2. The first-order valence-electron chi connectivity index (χ1n) is 8.14. The van der Waals surface area contributed by atoms with Gasteiger partial charge in [0, 0.05) is 5.92 Å². The van der Waals surface area contributed by atoms with Gasteiger partial charge in [-0.2, -0.15) is 0 Å². The summed E-state index contributed by atoms with van der Waals surface area (Å²) >= 11 is 0. The lowest BCUT2D eigenvalue weighted by molar-refractivity contribution is -0.141. The first kappa shape index (κ1) is 14.6. The maximum absolute atomic E-state index is 11.3. The summed E-state index contributed by atoms with van der Waals surface area (Å²) in [5, 5.41) is 10.2. The Hall–Kier alpha value is -1.35. The van der Waals surface area contributed by atoms with E-state index in [2.05, 4.69) is 12.1 Å². The zero-order chi connectivity index (χ0) is 14.7. The average Bonchev–Trinajstić information content (AvgIpc) is 3.03. The SMILES string of the molecule is O=C1CC2[C@@H](CCC(O)CCc3ccccc3)CC[C@H]2O1. The lowest BCUT2D eigenvalue weighted by atomic mass is 9.88. The Balaban J connectivity index is 1.40. The predicted molar refractivity (Wildman–Crippen MR) is 80.7 cm³/mol. The van der Waals surface area contributed by atoms with Gasteiger partial charge in [0.1, 0.15) is 6.10 Å². The number of aliphatic hydroxyl groups excluding tert-OH is 1. The van der Waals surface area contributed by atoms with Gasteiger partial charge in [0.05, 0.1) is 12.5 Å². The van der Waals surface area contributed by atoms with Crippen LogP contribution in [0.1, 0.15) is 44.1 Å². The fraction of sp³-hybridized carbons (Fsp3) is 0.611. The Morgan fingerprint density at radius 2 is 2.00 bits per heavy atom. The summed E-state index contributed by atoms with van der Waals surface area (Å²) in [5.41, 5.74) is 1.28. The quantitative estimate of drug-likeness (QED) is 0.818. The molecule has 1 heterocycles. The monoisotopic (exact) mass is 288 g/mol. The van der Waals surface area contributed by atoms with Crippen molar-refractivity contribution in [1.29, 1.82) is 0 Å². The molecule has 0 aromatic heterocycles. The number of rotatable bonds is 6. The van der Waals surface area contributed by atoms with E-state index in [1.807, 2.05) is 18.2 Å². The molecule has 0 bridgehead atoms. The van der Waals surface area contributed by atoms with Crippen LogP contribution in [0.15, 0.2) is 30.3 Å². The molecule has 114 valence electrons. The molecule has 0 spiro atoms. The van der Waals surface area contributed by atoms with Crippen molar-refractivity contribution in [1.82, 2.24) is 0 Å². The zero-order valence-corrected chi connectivity index (χ0v) is 12.4. The Bertz CT molecular complexity index is 471. The Morgan fingerprint density at radius 1 is 1.19 bits per heavy atom. The van der Waals surface area contributed by atoms with Crippen LogP contribution in [0.2, 0.25) is 0 Å². The van der Waals surface area contributed by atoms with E-state index < -0.39 is 0 Å². The minimum absolute atomic E-state index is 0.0284. The number of hydrogen-bond donors (Lipinski definition) is 1. The molecule has 3 heteroatoms. The van der Waals surface area contributed by atoms with Gasteiger partial charge in [-0.15, -0.1) is 0 Å². The van der Waals surface area contributed by atoms with E-state index in [0.29, 0.717) is 18.3 Å². The molecule has 1 aromatic rings. The number of esters is 1. The molecule has 1 saturated heterocycles. The number of carbonyl (C=O) groups is 1. The van der Waals surface area contributed by atoms with Crippen LogP contribution in [0.3, 0.4) is 0 Å². The second-order valence-electron chi connectivity index (χ2n) is 6.49. The van der Waals surface area contributed by atoms with E-state index in [1.54, 1.807) is 0 Å². The highest BCUT2D eigenvalue weighted by molar-refractivity contribution is 5.72. The van der Waals surface area contributed by atoms with Gasteiger partial charge < -0.3 is 9.84 Å². The highest BCUT2D eigenvalue weighted by Crippen LogP contribution is 2.43. The summed E-state index contributed by atoms with van der Waals surface area (Å²) in [5.74, 6) is 0.950. The number of benzene rings is 1. The summed E-state index contributed by atoms with van der Waals surface area (Å²) < 4.78 is 5.33. The molecule has 1 N–H and O–H groups in total. The molecule has 2 aliphatic rings. The van der Waals surface area contributed by atoms with E-state index in [9.17, 15) is 9.90 Å². The van der Waals surface area contributed by atoms with Gasteiger partial charge in [0.2, 0.25) is 0 Å². The molecule has 1 saturated carbocycles. The summed E-state index contributed by atoms with van der Waals surface area (Å²) in [7, 11) is 0. The van der Waals surface area contributed by atoms with Gasteiger partial charge in [-0.25, -0.2) is 0 Å². The van der Waals surface area contributed by atoms with Crippen molar-refractivity contribution in [2.24, 2.45) is 11.8 Å². The number of aliphatic hydroxyl groups is 1. The number of hydrogen-bond acceptors (Lipinski definition) is 3. The topological polar surface area (TPSA) is 46.5 Å². The number of fused-ring (bicyclic) bond motifs is 1. The van der Waals surface area contributed by atoms with Crippen molar-refractivity contribution in [2.45, 2.75) is 57.2 Å². The van der Waals surface area contributed by atoms with Crippen molar-refractivity contribution >= 4 is 5.97 Å². The molecule has 3 rings (SSSR count). The lowest BCUT2D eigenvalue weighted by Crippen LogP contribution is -2.16. The third-order valence-electron chi connectivity index (χ3n) is 5.07. The smallest absolute Gasteiger partial charge is 0.306 e. The fourth-order valence-electron chi connectivity index (χ4n) is 3.85. The molecule has 1 aromatic carbocycles. The van der Waals surface area contributed by atoms with E-state index in [-0.39, 0.29) is 18.2 Å². The van der Waals surface area contributed by atoms with Crippen molar-refractivity contribution in [3.63, 3.8) is 0 Å². The molecule has 0 amide bonds. The summed E-state index contributed by atoms with van der Waals surface area (Å²) in [6, 6.07) is 10.3. The summed E-state index contributed by atoms with van der Waals surface area (Å²) in [4.78, 5) is 11.3. The zero-order valence-electron chi connectivity index (χ0n) is 12.4. The molecule has 3 nitrogen and oxygen atoms in total. The van der Waals surface area contributed by atoms with Crippen molar-refractivity contribution in [3.05, 3.63) is 35.9 Å². The van der Waals surface area contributed by atoms with Gasteiger partial charge in [0.15, 0.2) is 0 Å². The first-order valence-corrected chi connectivity index (χ1v) is 8.14. The van der Waals surface area contributed by atoms with Gasteiger partial charge in [-0.05, 0) is 50.0 Å². The largest absolute Gasteiger partial charge is 0.462 e. The lowest BCUT2D eigenvalue weighted by Gasteiger charge is -2.18. The van der Waals surface area contributed by atoms with Crippen LogP contribution in [0.5, 0.6) is 0 Å². The molecule has 4 atom stereocenters. The van der Waals surface area contributed by atoms with Crippen LogP contribution in [0.4, 0.5) is 0 Å². The van der Waals surface area contributed by atoms with Crippen molar-refractivity contribution < 1.29 is 14.6 Å². The van der Waals surface area contributed by atoms with Crippen LogP contribution >= 0.6 is 0 Å². The Kier molecular flexibility index (Phi) is 4.59. The van der Waals surface area contributed by atoms with Gasteiger partial charge >= 0.3 is 5.97 Å². The molecular formula is C18H24O3. The van der Waals surface area contributed by atoms with Crippen LogP contribution in [-0.2, 0) is 16.0 Å². The van der Waals surface area contributed by atoms with Crippen LogP contribution in [0, 0.1) is 11.8 Å². The van der Waals surface area contributed by atoms with Crippen LogP contribution < -0.4 is 0 Å². The standard InChI is InChI=1S/C18H24O3/c19-15(9-6-13-4-2-1-3-5-13)10-7-14-8-11-17-16(14)12-18(20)21-17/h1-5,14-17,19H,6-12H2/t14-,15?,16?,17+/m0/s1. The Morgan fingerprint density at radius 3 is 2.81 bits per heavy atom. The first-order chi connectivity index (χ1) is 10.2.